The molecule has 0 radical (unpaired) electrons. The number of nitrogens with zero attached hydrogens (tertiary/aromatic N) is 4. The fourth-order valence-corrected chi connectivity index (χ4v) is 2.48. The zero-order chi connectivity index (χ0) is 13.3. The highest BCUT2D eigenvalue weighted by atomic mass is 16.5. The molecule has 0 unspecified atom stereocenters. The molecule has 1 saturated carbocycles. The number of anilines is 1. The molecule has 3 rings (SSSR count). The van der Waals surface area contributed by atoms with Crippen LogP contribution in [-0.2, 0) is 11.3 Å². The molecule has 6 nitrogen and oxygen atoms in total. The number of methoxy groups -OCH3 is 1. The van der Waals surface area contributed by atoms with Crippen molar-refractivity contribution in [3.8, 4) is 11.4 Å². The van der Waals surface area contributed by atoms with Crippen LogP contribution >= 0.6 is 0 Å². The lowest BCUT2D eigenvalue weighted by atomic mass is 9.80. The molecule has 0 atom stereocenters. The van der Waals surface area contributed by atoms with Gasteiger partial charge in [0.2, 0.25) is 0 Å². The van der Waals surface area contributed by atoms with Crippen molar-refractivity contribution >= 4 is 5.69 Å². The number of hydrogen-bond acceptors (Lipinski definition) is 5. The fraction of sp³-hybridized carbons (Fsp3) is 0.462. The smallest absolute Gasteiger partial charge is 0.184 e. The summed E-state index contributed by atoms with van der Waals surface area (Å²) in [4.78, 5) is 0. The van der Waals surface area contributed by atoms with Crippen molar-refractivity contribution in [2.75, 3.05) is 12.8 Å². The lowest BCUT2D eigenvalue weighted by Gasteiger charge is -2.40. The maximum atomic E-state index is 5.98. The molecule has 2 aromatic rings. The molecule has 1 aromatic carbocycles. The Balaban J connectivity index is 1.93. The highest BCUT2D eigenvalue weighted by Crippen LogP contribution is 2.37. The van der Waals surface area contributed by atoms with E-state index in [4.69, 9.17) is 10.5 Å². The van der Waals surface area contributed by atoms with E-state index >= 15 is 0 Å². The first-order chi connectivity index (χ1) is 9.24. The van der Waals surface area contributed by atoms with Crippen molar-refractivity contribution < 1.29 is 4.74 Å². The highest BCUT2D eigenvalue weighted by molar-refractivity contribution is 5.70. The van der Waals surface area contributed by atoms with E-state index in [9.17, 15) is 0 Å². The van der Waals surface area contributed by atoms with Crippen molar-refractivity contribution in [1.29, 1.82) is 0 Å². The van der Waals surface area contributed by atoms with Gasteiger partial charge in [0.25, 0.3) is 0 Å². The van der Waals surface area contributed by atoms with Gasteiger partial charge in [-0.05, 0) is 41.8 Å². The van der Waals surface area contributed by atoms with Gasteiger partial charge in [0.05, 0.1) is 12.1 Å². The van der Waals surface area contributed by atoms with Crippen LogP contribution in [-0.4, -0.2) is 32.9 Å². The van der Waals surface area contributed by atoms with Crippen LogP contribution < -0.4 is 5.73 Å². The van der Waals surface area contributed by atoms with Gasteiger partial charge in [0.15, 0.2) is 5.82 Å². The largest absolute Gasteiger partial charge is 0.398 e. The molecule has 0 aliphatic heterocycles. The van der Waals surface area contributed by atoms with Crippen LogP contribution in [0.2, 0.25) is 0 Å². The molecule has 1 aromatic heterocycles. The van der Waals surface area contributed by atoms with Crippen molar-refractivity contribution in [3.63, 3.8) is 0 Å². The van der Waals surface area contributed by atoms with Crippen LogP contribution in [0.3, 0.4) is 0 Å². The van der Waals surface area contributed by atoms with Gasteiger partial charge in [-0.2, -0.15) is 0 Å². The van der Waals surface area contributed by atoms with Crippen molar-refractivity contribution in [1.82, 2.24) is 20.2 Å². The van der Waals surface area contributed by atoms with Gasteiger partial charge in [0, 0.05) is 18.4 Å². The zero-order valence-corrected chi connectivity index (χ0v) is 10.9. The lowest BCUT2D eigenvalue weighted by Crippen LogP contribution is -2.43. The Morgan fingerprint density at radius 2 is 2.16 bits per heavy atom. The normalized spacial score (nSPS) is 17.1. The van der Waals surface area contributed by atoms with Crippen LogP contribution in [0.4, 0.5) is 5.69 Å². The maximum absolute atomic E-state index is 5.98. The predicted octanol–water partition coefficient (Wildman–Crippen LogP) is 1.49. The van der Waals surface area contributed by atoms with Crippen LogP contribution in [0.25, 0.3) is 11.4 Å². The van der Waals surface area contributed by atoms with E-state index in [1.165, 1.54) is 6.42 Å². The van der Waals surface area contributed by atoms with E-state index in [0.29, 0.717) is 18.1 Å². The van der Waals surface area contributed by atoms with Crippen molar-refractivity contribution in [2.24, 2.45) is 0 Å². The van der Waals surface area contributed by atoms with Gasteiger partial charge in [-0.1, -0.05) is 12.1 Å². The van der Waals surface area contributed by atoms with Gasteiger partial charge in [-0.25, -0.2) is 4.68 Å². The van der Waals surface area contributed by atoms with Gasteiger partial charge in [-0.3, -0.25) is 0 Å². The SMILES string of the molecule is COC1(Cn2nnnc2-c2ccccc2N)CCC1. The van der Waals surface area contributed by atoms with E-state index in [2.05, 4.69) is 15.5 Å². The maximum Gasteiger partial charge on any atom is 0.184 e. The van der Waals surface area contributed by atoms with E-state index in [1.807, 2.05) is 24.3 Å². The topological polar surface area (TPSA) is 78.8 Å². The average Bonchev–Trinajstić information content (AvgIpc) is 2.82. The van der Waals surface area contributed by atoms with Crippen LogP contribution in [0, 0.1) is 0 Å². The van der Waals surface area contributed by atoms with Gasteiger partial charge in [-0.15, -0.1) is 5.10 Å². The molecule has 6 heteroatoms. The van der Waals surface area contributed by atoms with Crippen LogP contribution in [0.5, 0.6) is 0 Å². The van der Waals surface area contributed by atoms with Crippen LogP contribution in [0.1, 0.15) is 19.3 Å². The first-order valence-electron chi connectivity index (χ1n) is 6.40. The summed E-state index contributed by atoms with van der Waals surface area (Å²) in [6.45, 7) is 0.667. The van der Waals surface area contributed by atoms with E-state index in [1.54, 1.807) is 11.8 Å². The Hall–Kier alpha value is -1.95. The number of hydrogen-bond donors (Lipinski definition) is 1. The minimum atomic E-state index is -0.117. The second-order valence-electron chi connectivity index (χ2n) is 4.99. The van der Waals surface area contributed by atoms with Gasteiger partial charge >= 0.3 is 0 Å². The molecule has 0 saturated heterocycles. The third-order valence-corrected chi connectivity index (χ3v) is 3.87. The second kappa shape index (κ2) is 4.62. The molecule has 0 spiro atoms. The molecule has 1 aliphatic rings. The van der Waals surface area contributed by atoms with E-state index in [-0.39, 0.29) is 5.60 Å². The molecule has 1 aliphatic carbocycles. The Bertz CT molecular complexity index is 570. The number of rotatable bonds is 4. The summed E-state index contributed by atoms with van der Waals surface area (Å²) in [5.74, 6) is 0.696. The molecule has 19 heavy (non-hydrogen) atoms. The Morgan fingerprint density at radius 3 is 2.79 bits per heavy atom. The van der Waals surface area contributed by atoms with Crippen LogP contribution in [0.15, 0.2) is 24.3 Å². The summed E-state index contributed by atoms with van der Waals surface area (Å²) < 4.78 is 7.41. The molecule has 1 heterocycles. The molecule has 1 fully saturated rings. The van der Waals surface area contributed by atoms with Gasteiger partial charge < -0.3 is 10.5 Å². The van der Waals surface area contributed by atoms with Crippen molar-refractivity contribution in [2.45, 2.75) is 31.4 Å². The number of para-hydroxylation sites is 1. The summed E-state index contributed by atoms with van der Waals surface area (Å²) in [5, 5.41) is 11.9. The van der Waals surface area contributed by atoms with E-state index < -0.39 is 0 Å². The number of benzene rings is 1. The Labute approximate surface area is 111 Å². The number of nitrogen functional groups attached to an aromatic ring is 1. The minimum Gasteiger partial charge on any atom is -0.398 e. The first-order valence-corrected chi connectivity index (χ1v) is 6.40. The summed E-state index contributed by atoms with van der Waals surface area (Å²) >= 11 is 0. The number of tetrazole rings is 1. The average molecular weight is 259 g/mol. The molecular weight excluding hydrogens is 242 g/mol. The Morgan fingerprint density at radius 1 is 1.37 bits per heavy atom. The standard InChI is InChI=1S/C13H17N5O/c1-19-13(7-4-8-13)9-18-12(15-16-17-18)10-5-2-3-6-11(10)14/h2-3,5-6H,4,7-9,14H2,1H3. The molecule has 0 bridgehead atoms. The molecule has 100 valence electrons. The number of ether oxygens (including phenoxy) is 1. The molecule has 0 amide bonds. The van der Waals surface area contributed by atoms with E-state index in [0.717, 1.165) is 18.4 Å². The highest BCUT2D eigenvalue weighted by Gasteiger charge is 2.38. The fourth-order valence-electron chi connectivity index (χ4n) is 2.48. The predicted molar refractivity (Wildman–Crippen MR) is 71.3 cm³/mol. The van der Waals surface area contributed by atoms with Gasteiger partial charge in [0.1, 0.15) is 0 Å². The Kier molecular flexibility index (Phi) is 2.94. The number of aromatic nitrogens is 4. The third-order valence-electron chi connectivity index (χ3n) is 3.87. The summed E-state index contributed by atoms with van der Waals surface area (Å²) in [6, 6.07) is 7.61. The monoisotopic (exact) mass is 259 g/mol. The number of nitrogens with two attached hydrogens (primary N) is 1. The first kappa shape index (κ1) is 12.1. The molecular formula is C13H17N5O. The quantitative estimate of drug-likeness (QED) is 0.841. The minimum absolute atomic E-state index is 0.117. The summed E-state index contributed by atoms with van der Waals surface area (Å²) in [6.07, 6.45) is 3.29. The molecule has 2 N–H and O–H groups in total. The van der Waals surface area contributed by atoms with Crippen molar-refractivity contribution in [3.05, 3.63) is 24.3 Å². The summed E-state index contributed by atoms with van der Waals surface area (Å²) in [7, 11) is 1.75. The zero-order valence-electron chi connectivity index (χ0n) is 10.9. The summed E-state index contributed by atoms with van der Waals surface area (Å²) in [5.41, 5.74) is 7.40. The second-order valence-corrected chi connectivity index (χ2v) is 4.99. The third kappa shape index (κ3) is 2.08. The lowest BCUT2D eigenvalue weighted by molar-refractivity contribution is -0.0855.